The molecule has 1 nitrogen and oxygen atoms in total. The Morgan fingerprint density at radius 3 is 1.63 bits per heavy atom. The molecule has 0 saturated heterocycles. The zero-order chi connectivity index (χ0) is 22.3. The van der Waals surface area contributed by atoms with Crippen molar-refractivity contribution in [3.63, 3.8) is 0 Å². The molecule has 0 aromatic heterocycles. The van der Waals surface area contributed by atoms with Crippen molar-refractivity contribution in [2.75, 3.05) is 6.54 Å². The Kier molecular flexibility index (Phi) is 21.7. The second-order valence-electron chi connectivity index (χ2n) is 10.6. The van der Waals surface area contributed by atoms with Crippen LogP contribution in [0.1, 0.15) is 156 Å². The zero-order valence-corrected chi connectivity index (χ0v) is 21.7. The third-order valence-electron chi connectivity index (χ3n) is 6.74. The molecule has 0 heterocycles. The van der Waals surface area contributed by atoms with Crippen LogP contribution in [0.5, 0.6) is 0 Å². The summed E-state index contributed by atoms with van der Waals surface area (Å²) >= 11 is 0. The summed E-state index contributed by atoms with van der Waals surface area (Å²) in [6.45, 7) is 10.4. The first kappa shape index (κ1) is 29.7. The highest BCUT2D eigenvalue weighted by atomic mass is 14.5. The number of unbranched alkanes of at least 4 members (excludes halogenated alkanes) is 13. The Bertz CT molecular complexity index is 341. The molecule has 0 radical (unpaired) electrons. The molecular weight excluding hydrogens is 362 g/mol. The Labute approximate surface area is 192 Å². The van der Waals surface area contributed by atoms with Crippen LogP contribution < -0.4 is 5.73 Å². The Balaban J connectivity index is 4.25. The molecule has 0 aliphatic carbocycles. The second kappa shape index (κ2) is 21.9. The third-order valence-corrected chi connectivity index (χ3v) is 6.74. The lowest BCUT2D eigenvalue weighted by molar-refractivity contribution is 0.322. The van der Waals surface area contributed by atoms with Gasteiger partial charge in [-0.2, -0.15) is 0 Å². The molecule has 0 aliphatic heterocycles. The largest absolute Gasteiger partial charge is 0.330 e. The molecule has 0 amide bonds. The van der Waals surface area contributed by atoms with Crippen molar-refractivity contribution in [3.8, 4) is 0 Å². The van der Waals surface area contributed by atoms with Crippen LogP contribution in [0, 0.1) is 11.3 Å². The van der Waals surface area contributed by atoms with E-state index in [1.165, 1.54) is 128 Å². The van der Waals surface area contributed by atoms with Gasteiger partial charge < -0.3 is 5.73 Å². The summed E-state index contributed by atoms with van der Waals surface area (Å²) in [5.74, 6) is 0.822. The number of nitrogens with two attached hydrogens (primary N) is 1. The monoisotopic (exact) mass is 421 g/mol. The van der Waals surface area contributed by atoms with Gasteiger partial charge >= 0.3 is 0 Å². The van der Waals surface area contributed by atoms with E-state index in [1.54, 1.807) is 0 Å². The van der Waals surface area contributed by atoms with Gasteiger partial charge in [-0.1, -0.05) is 136 Å². The molecule has 1 heteroatoms. The summed E-state index contributed by atoms with van der Waals surface area (Å²) in [4.78, 5) is 0. The first-order valence-corrected chi connectivity index (χ1v) is 13.9. The van der Waals surface area contributed by atoms with E-state index in [0.717, 1.165) is 12.5 Å². The van der Waals surface area contributed by atoms with Crippen LogP contribution in [0.4, 0.5) is 0 Å². The highest BCUT2D eigenvalue weighted by Gasteiger charge is 2.15. The minimum atomic E-state index is 0.448. The SMILES string of the molecule is CCCCCCCCC(/C=C\CC(C)(C)CCCCCCN)CCCCCCCC. The molecule has 0 aliphatic rings. The zero-order valence-electron chi connectivity index (χ0n) is 21.7. The Morgan fingerprint density at radius 2 is 1.10 bits per heavy atom. The quantitative estimate of drug-likeness (QED) is 0.129. The average Bonchev–Trinajstić information content (AvgIpc) is 2.72. The van der Waals surface area contributed by atoms with E-state index in [-0.39, 0.29) is 0 Å². The van der Waals surface area contributed by atoms with Gasteiger partial charge in [0.15, 0.2) is 0 Å². The molecule has 0 aromatic rings. The highest BCUT2D eigenvalue weighted by Crippen LogP contribution is 2.29. The third kappa shape index (κ3) is 21.0. The fourth-order valence-electron chi connectivity index (χ4n) is 4.49. The molecule has 0 atom stereocenters. The standard InChI is InChI=1S/C29H59N/c1-5-7-9-11-13-17-22-28(23-18-14-12-10-8-6-2)24-21-26-29(3,4)25-19-15-16-20-27-30/h21,24,28H,5-20,22-23,25-27,30H2,1-4H3/b24-21-. The first-order chi connectivity index (χ1) is 14.6. The molecule has 0 fully saturated rings. The van der Waals surface area contributed by atoms with Crippen LogP contribution in [0.2, 0.25) is 0 Å². The lowest BCUT2D eigenvalue weighted by Crippen LogP contribution is -2.10. The minimum Gasteiger partial charge on any atom is -0.330 e. The fraction of sp³-hybridized carbons (Fsp3) is 0.931. The van der Waals surface area contributed by atoms with Crippen LogP contribution in [0.15, 0.2) is 12.2 Å². The molecule has 0 spiro atoms. The maximum Gasteiger partial charge on any atom is -0.00773 e. The highest BCUT2D eigenvalue weighted by molar-refractivity contribution is 4.92. The smallest absolute Gasteiger partial charge is 0.00773 e. The number of hydrogen-bond acceptors (Lipinski definition) is 1. The molecule has 0 unspecified atom stereocenters. The van der Waals surface area contributed by atoms with Crippen LogP contribution in [0.3, 0.4) is 0 Å². The molecule has 180 valence electrons. The number of rotatable bonds is 23. The lowest BCUT2D eigenvalue weighted by Gasteiger charge is -2.23. The number of hydrogen-bond donors (Lipinski definition) is 1. The number of allylic oxidation sites excluding steroid dienone is 2. The van der Waals surface area contributed by atoms with Gasteiger partial charge in [-0.3, -0.25) is 0 Å². The molecule has 0 saturated carbocycles. The average molecular weight is 422 g/mol. The van der Waals surface area contributed by atoms with Gasteiger partial charge in [0.2, 0.25) is 0 Å². The topological polar surface area (TPSA) is 26.0 Å². The molecular formula is C29H59N. The van der Waals surface area contributed by atoms with Crippen LogP contribution in [-0.2, 0) is 0 Å². The van der Waals surface area contributed by atoms with Crippen LogP contribution >= 0.6 is 0 Å². The maximum absolute atomic E-state index is 5.61. The van der Waals surface area contributed by atoms with Crippen molar-refractivity contribution in [3.05, 3.63) is 12.2 Å². The Hall–Kier alpha value is -0.300. The van der Waals surface area contributed by atoms with E-state index >= 15 is 0 Å². The summed E-state index contributed by atoms with van der Waals surface area (Å²) in [6.07, 6.45) is 32.8. The lowest BCUT2D eigenvalue weighted by atomic mass is 9.83. The molecule has 0 rings (SSSR count). The summed E-state index contributed by atoms with van der Waals surface area (Å²) < 4.78 is 0. The predicted molar refractivity (Wildman–Crippen MR) is 139 cm³/mol. The summed E-state index contributed by atoms with van der Waals surface area (Å²) in [5, 5.41) is 0. The van der Waals surface area contributed by atoms with Crippen molar-refractivity contribution >= 4 is 0 Å². The fourth-order valence-corrected chi connectivity index (χ4v) is 4.49. The first-order valence-electron chi connectivity index (χ1n) is 13.9. The van der Waals surface area contributed by atoms with Crippen molar-refractivity contribution in [1.29, 1.82) is 0 Å². The Morgan fingerprint density at radius 1 is 0.633 bits per heavy atom. The van der Waals surface area contributed by atoms with Gasteiger partial charge in [0.1, 0.15) is 0 Å². The molecule has 30 heavy (non-hydrogen) atoms. The van der Waals surface area contributed by atoms with Crippen LogP contribution in [-0.4, -0.2) is 6.54 Å². The van der Waals surface area contributed by atoms with E-state index < -0.39 is 0 Å². The van der Waals surface area contributed by atoms with Gasteiger partial charge in [-0.15, -0.1) is 0 Å². The van der Waals surface area contributed by atoms with Gasteiger partial charge in [-0.05, 0) is 50.0 Å². The van der Waals surface area contributed by atoms with E-state index in [0.29, 0.717) is 5.41 Å². The summed E-state index contributed by atoms with van der Waals surface area (Å²) in [5.41, 5.74) is 6.06. The molecule has 0 aromatic carbocycles. The van der Waals surface area contributed by atoms with Gasteiger partial charge in [0.05, 0.1) is 0 Å². The van der Waals surface area contributed by atoms with Crippen LogP contribution in [0.25, 0.3) is 0 Å². The van der Waals surface area contributed by atoms with E-state index in [4.69, 9.17) is 5.73 Å². The summed E-state index contributed by atoms with van der Waals surface area (Å²) in [6, 6.07) is 0. The second-order valence-corrected chi connectivity index (χ2v) is 10.6. The van der Waals surface area contributed by atoms with Gasteiger partial charge in [0, 0.05) is 0 Å². The van der Waals surface area contributed by atoms with Crippen molar-refractivity contribution in [1.82, 2.24) is 0 Å². The molecule has 0 bridgehead atoms. The predicted octanol–water partition coefficient (Wildman–Crippen LogP) is 9.99. The normalized spacial score (nSPS) is 12.5. The minimum absolute atomic E-state index is 0.448. The van der Waals surface area contributed by atoms with Crippen molar-refractivity contribution in [2.24, 2.45) is 17.1 Å². The maximum atomic E-state index is 5.61. The van der Waals surface area contributed by atoms with Crippen molar-refractivity contribution in [2.45, 2.75) is 156 Å². The van der Waals surface area contributed by atoms with E-state index in [1.807, 2.05) is 0 Å². The van der Waals surface area contributed by atoms with E-state index in [9.17, 15) is 0 Å². The van der Waals surface area contributed by atoms with Gasteiger partial charge in [0.25, 0.3) is 0 Å². The van der Waals surface area contributed by atoms with Crippen molar-refractivity contribution < 1.29 is 0 Å². The summed E-state index contributed by atoms with van der Waals surface area (Å²) in [7, 11) is 0. The van der Waals surface area contributed by atoms with Gasteiger partial charge in [-0.25, -0.2) is 0 Å². The molecule has 2 N–H and O–H groups in total. The van der Waals surface area contributed by atoms with E-state index in [2.05, 4.69) is 39.8 Å².